The summed E-state index contributed by atoms with van der Waals surface area (Å²) in [6.07, 6.45) is 0. The van der Waals surface area contributed by atoms with Crippen LogP contribution in [0.4, 0.5) is 0 Å². The fourth-order valence-corrected chi connectivity index (χ4v) is 3.89. The monoisotopic (exact) mass is 435 g/mol. The van der Waals surface area contributed by atoms with Crippen molar-refractivity contribution >= 4 is 16.8 Å². The number of carbonyl (C=O) groups excluding carboxylic acids is 1. The number of hydrogen-bond donors (Lipinski definition) is 0. The van der Waals surface area contributed by atoms with Gasteiger partial charge >= 0.3 is 0 Å². The summed E-state index contributed by atoms with van der Waals surface area (Å²) in [5.41, 5.74) is 1.07. The molecule has 0 saturated heterocycles. The molecule has 0 aliphatic heterocycles. The van der Waals surface area contributed by atoms with Gasteiger partial charge in [-0.05, 0) is 44.0 Å². The maximum atomic E-state index is 13.7. The molecule has 6 heteroatoms. The van der Waals surface area contributed by atoms with Gasteiger partial charge in [0.25, 0.3) is 5.56 Å². The Morgan fingerprint density at radius 2 is 1.69 bits per heavy atom. The van der Waals surface area contributed by atoms with Crippen LogP contribution in [-0.2, 0) is 4.79 Å². The van der Waals surface area contributed by atoms with Gasteiger partial charge in [-0.15, -0.1) is 0 Å². The standard InChI is InChI=1S/C26H33N3O3/c1-7-32-23-15-11-10-14-22(23)29-24(27-21-13-9-8-12-20(21)26(29)31)19(6)28(16-17(2)3)25(30)18(4)5/h8-15,17-19H,7,16H2,1-6H3. The highest BCUT2D eigenvalue weighted by Crippen LogP contribution is 2.29. The minimum absolute atomic E-state index is 0.0400. The minimum Gasteiger partial charge on any atom is -0.492 e. The van der Waals surface area contributed by atoms with Crippen LogP contribution in [0.5, 0.6) is 5.75 Å². The lowest BCUT2D eigenvalue weighted by atomic mass is 10.1. The van der Waals surface area contributed by atoms with Crippen LogP contribution in [0, 0.1) is 11.8 Å². The first-order valence-electron chi connectivity index (χ1n) is 11.3. The molecule has 3 rings (SSSR count). The van der Waals surface area contributed by atoms with E-state index in [4.69, 9.17) is 9.72 Å². The van der Waals surface area contributed by atoms with Crippen molar-refractivity contribution in [3.05, 3.63) is 64.7 Å². The fourth-order valence-electron chi connectivity index (χ4n) is 3.89. The number of nitrogens with zero attached hydrogens (tertiary/aromatic N) is 3. The first kappa shape index (κ1) is 23.5. The Kier molecular flexibility index (Phi) is 7.33. The molecule has 0 radical (unpaired) electrons. The lowest BCUT2D eigenvalue weighted by Gasteiger charge is -2.33. The summed E-state index contributed by atoms with van der Waals surface area (Å²) in [6.45, 7) is 12.9. The van der Waals surface area contributed by atoms with E-state index in [1.54, 1.807) is 10.6 Å². The predicted octanol–water partition coefficient (Wildman–Crippen LogP) is 4.99. The van der Waals surface area contributed by atoms with Crippen molar-refractivity contribution in [1.82, 2.24) is 14.5 Å². The normalized spacial score (nSPS) is 12.4. The molecule has 3 aromatic rings. The molecule has 2 aromatic carbocycles. The van der Waals surface area contributed by atoms with Gasteiger partial charge in [-0.3, -0.25) is 14.2 Å². The Balaban J connectivity index is 2.31. The molecule has 1 amide bonds. The number of fused-ring (bicyclic) bond motifs is 1. The van der Waals surface area contributed by atoms with Gasteiger partial charge in [0.15, 0.2) is 0 Å². The average molecular weight is 436 g/mol. The Hall–Kier alpha value is -3.15. The molecule has 0 aliphatic carbocycles. The number of carbonyl (C=O) groups is 1. The summed E-state index contributed by atoms with van der Waals surface area (Å²) < 4.78 is 7.45. The highest BCUT2D eigenvalue weighted by atomic mass is 16.5. The quantitative estimate of drug-likeness (QED) is 0.500. The van der Waals surface area contributed by atoms with Gasteiger partial charge in [-0.2, -0.15) is 0 Å². The van der Waals surface area contributed by atoms with Crippen LogP contribution in [0.1, 0.15) is 53.4 Å². The van der Waals surface area contributed by atoms with Crippen molar-refractivity contribution in [2.24, 2.45) is 11.8 Å². The van der Waals surface area contributed by atoms with E-state index in [2.05, 4.69) is 13.8 Å². The third-order valence-electron chi connectivity index (χ3n) is 5.39. The molecule has 0 N–H and O–H groups in total. The van der Waals surface area contributed by atoms with Crippen LogP contribution in [-0.4, -0.2) is 33.5 Å². The molecule has 0 fully saturated rings. The molecule has 1 unspecified atom stereocenters. The van der Waals surface area contributed by atoms with E-state index in [-0.39, 0.29) is 23.3 Å². The Morgan fingerprint density at radius 1 is 1.03 bits per heavy atom. The van der Waals surface area contributed by atoms with Crippen LogP contribution < -0.4 is 10.3 Å². The number of para-hydroxylation sites is 3. The average Bonchev–Trinajstić information content (AvgIpc) is 2.77. The Labute approximate surface area is 189 Å². The second-order valence-corrected chi connectivity index (χ2v) is 8.74. The summed E-state index contributed by atoms with van der Waals surface area (Å²) in [6, 6.07) is 14.4. The summed E-state index contributed by atoms with van der Waals surface area (Å²) in [5.74, 6) is 1.28. The van der Waals surface area contributed by atoms with Crippen LogP contribution in [0.2, 0.25) is 0 Å². The van der Waals surface area contributed by atoms with Crippen molar-refractivity contribution < 1.29 is 9.53 Å². The van der Waals surface area contributed by atoms with Crippen molar-refractivity contribution in [3.63, 3.8) is 0 Å². The SMILES string of the molecule is CCOc1ccccc1-n1c(C(C)N(CC(C)C)C(=O)C(C)C)nc2ccccc2c1=O. The number of ether oxygens (including phenoxy) is 1. The van der Waals surface area contributed by atoms with Crippen molar-refractivity contribution in [2.45, 2.75) is 47.6 Å². The molecule has 1 aromatic heterocycles. The first-order chi connectivity index (χ1) is 15.3. The molecule has 170 valence electrons. The third-order valence-corrected chi connectivity index (χ3v) is 5.39. The second-order valence-electron chi connectivity index (χ2n) is 8.74. The zero-order chi connectivity index (χ0) is 23.4. The van der Waals surface area contributed by atoms with Gasteiger partial charge in [0, 0.05) is 12.5 Å². The largest absolute Gasteiger partial charge is 0.492 e. The zero-order valence-electron chi connectivity index (χ0n) is 19.8. The van der Waals surface area contributed by atoms with E-state index >= 15 is 0 Å². The second kappa shape index (κ2) is 9.98. The lowest BCUT2D eigenvalue weighted by molar-refractivity contribution is -0.137. The molecule has 0 saturated carbocycles. The molecular weight excluding hydrogens is 402 g/mol. The van der Waals surface area contributed by atoms with E-state index in [0.717, 1.165) is 0 Å². The van der Waals surface area contributed by atoms with Gasteiger partial charge < -0.3 is 9.64 Å². The van der Waals surface area contributed by atoms with Crippen molar-refractivity contribution in [3.8, 4) is 11.4 Å². The van der Waals surface area contributed by atoms with Gasteiger partial charge in [-0.25, -0.2) is 4.98 Å². The van der Waals surface area contributed by atoms with Gasteiger partial charge in [-0.1, -0.05) is 52.0 Å². The lowest BCUT2D eigenvalue weighted by Crippen LogP contribution is -2.41. The molecule has 1 heterocycles. The van der Waals surface area contributed by atoms with Gasteiger partial charge in [0.1, 0.15) is 11.6 Å². The van der Waals surface area contributed by atoms with Crippen LogP contribution in [0.3, 0.4) is 0 Å². The first-order valence-corrected chi connectivity index (χ1v) is 11.3. The predicted molar refractivity (Wildman–Crippen MR) is 128 cm³/mol. The Bertz CT molecular complexity index is 1150. The summed E-state index contributed by atoms with van der Waals surface area (Å²) in [7, 11) is 0. The molecule has 0 aliphatic rings. The molecule has 32 heavy (non-hydrogen) atoms. The number of benzene rings is 2. The number of hydrogen-bond acceptors (Lipinski definition) is 4. The van der Waals surface area contributed by atoms with Crippen LogP contribution in [0.25, 0.3) is 16.6 Å². The number of rotatable bonds is 8. The van der Waals surface area contributed by atoms with Crippen LogP contribution in [0.15, 0.2) is 53.3 Å². The smallest absolute Gasteiger partial charge is 0.266 e. The highest BCUT2D eigenvalue weighted by Gasteiger charge is 2.29. The van der Waals surface area contributed by atoms with Crippen molar-refractivity contribution in [1.29, 1.82) is 0 Å². The van der Waals surface area contributed by atoms with E-state index in [9.17, 15) is 9.59 Å². The van der Waals surface area contributed by atoms with E-state index < -0.39 is 6.04 Å². The minimum atomic E-state index is -0.403. The summed E-state index contributed by atoms with van der Waals surface area (Å²) >= 11 is 0. The summed E-state index contributed by atoms with van der Waals surface area (Å²) in [4.78, 5) is 33.6. The number of aromatic nitrogens is 2. The van der Waals surface area contributed by atoms with Crippen LogP contribution >= 0.6 is 0 Å². The molecule has 1 atom stereocenters. The maximum absolute atomic E-state index is 13.7. The van der Waals surface area contributed by atoms with E-state index in [1.165, 1.54) is 0 Å². The van der Waals surface area contributed by atoms with Crippen molar-refractivity contribution in [2.75, 3.05) is 13.2 Å². The topological polar surface area (TPSA) is 64.4 Å². The number of amides is 1. The van der Waals surface area contributed by atoms with E-state index in [0.29, 0.717) is 41.3 Å². The molecule has 0 bridgehead atoms. The van der Waals surface area contributed by atoms with Gasteiger partial charge in [0.05, 0.1) is 29.2 Å². The Morgan fingerprint density at radius 3 is 2.34 bits per heavy atom. The third kappa shape index (κ3) is 4.69. The zero-order valence-corrected chi connectivity index (χ0v) is 19.8. The van der Waals surface area contributed by atoms with Gasteiger partial charge in [0.2, 0.25) is 5.91 Å². The molecule has 0 spiro atoms. The summed E-state index contributed by atoms with van der Waals surface area (Å²) in [5, 5.41) is 0.528. The fraction of sp³-hybridized carbons (Fsp3) is 0.423. The molecular formula is C26H33N3O3. The molecule has 6 nitrogen and oxygen atoms in total. The maximum Gasteiger partial charge on any atom is 0.266 e. The van der Waals surface area contributed by atoms with E-state index in [1.807, 2.05) is 75.1 Å². The highest BCUT2D eigenvalue weighted by molar-refractivity contribution is 5.80.